The predicted molar refractivity (Wildman–Crippen MR) is 144 cm³/mol. The normalized spacial score (nSPS) is 12.0. The van der Waals surface area contributed by atoms with Crippen LogP contribution in [0.15, 0.2) is 54.6 Å². The number of rotatable bonds is 15. The molecule has 8 nitrogen and oxygen atoms in total. The van der Waals surface area contributed by atoms with Crippen LogP contribution in [0.2, 0.25) is 0 Å². The van der Waals surface area contributed by atoms with Crippen molar-refractivity contribution in [3.63, 3.8) is 0 Å². The van der Waals surface area contributed by atoms with E-state index in [1.165, 1.54) is 11.4 Å². The van der Waals surface area contributed by atoms with Gasteiger partial charge in [0.05, 0.1) is 19.1 Å². The van der Waals surface area contributed by atoms with E-state index in [-0.39, 0.29) is 24.8 Å². The predicted octanol–water partition coefficient (Wildman–Crippen LogP) is 3.62. The van der Waals surface area contributed by atoms with Crippen LogP contribution in [-0.2, 0) is 26.0 Å². The third-order valence-corrected chi connectivity index (χ3v) is 7.17. The van der Waals surface area contributed by atoms with Gasteiger partial charge < -0.3 is 15.0 Å². The van der Waals surface area contributed by atoms with E-state index in [0.717, 1.165) is 24.7 Å². The lowest BCUT2D eigenvalue weighted by atomic mass is 10.1. The van der Waals surface area contributed by atoms with Crippen LogP contribution in [-0.4, -0.2) is 64.2 Å². The van der Waals surface area contributed by atoms with Gasteiger partial charge in [-0.2, -0.15) is 0 Å². The number of amides is 2. The van der Waals surface area contributed by atoms with Crippen LogP contribution < -0.4 is 14.4 Å². The minimum atomic E-state index is -3.59. The first-order valence-corrected chi connectivity index (χ1v) is 14.3. The van der Waals surface area contributed by atoms with Crippen LogP contribution in [0.5, 0.6) is 5.75 Å². The highest BCUT2D eigenvalue weighted by atomic mass is 32.2. The van der Waals surface area contributed by atoms with Crippen LogP contribution in [0.1, 0.15) is 45.1 Å². The van der Waals surface area contributed by atoms with E-state index in [2.05, 4.69) is 12.2 Å². The van der Waals surface area contributed by atoms with E-state index in [9.17, 15) is 18.0 Å². The van der Waals surface area contributed by atoms with E-state index >= 15 is 0 Å². The van der Waals surface area contributed by atoms with E-state index in [0.29, 0.717) is 37.4 Å². The highest BCUT2D eigenvalue weighted by Crippen LogP contribution is 2.29. The van der Waals surface area contributed by atoms with Crippen molar-refractivity contribution in [2.45, 2.75) is 52.0 Å². The number of sulfonamides is 1. The molecule has 0 aliphatic heterocycles. The zero-order valence-electron chi connectivity index (χ0n) is 21.8. The molecular formula is C27H39N3O5S. The summed E-state index contributed by atoms with van der Waals surface area (Å²) in [5.74, 6) is 0.0744. The van der Waals surface area contributed by atoms with Crippen LogP contribution in [0.3, 0.4) is 0 Å². The molecule has 1 N–H and O–H groups in total. The number of ether oxygens (including phenoxy) is 1. The van der Waals surface area contributed by atoms with Crippen LogP contribution in [0.25, 0.3) is 0 Å². The zero-order chi connectivity index (χ0) is 26.6. The number of carbonyl (C=O) groups excluding carboxylic acids is 2. The van der Waals surface area contributed by atoms with Gasteiger partial charge in [0.25, 0.3) is 0 Å². The number of methoxy groups -OCH3 is 1. The van der Waals surface area contributed by atoms with Crippen molar-refractivity contribution in [2.75, 3.05) is 37.3 Å². The SMILES string of the molecule is CCCCNC(=O)[C@@H](C)N(CCc1ccccc1)C(=O)CCCN(c1ccccc1OC)S(C)(=O)=O. The minimum Gasteiger partial charge on any atom is -0.495 e. The molecule has 0 unspecified atom stereocenters. The summed E-state index contributed by atoms with van der Waals surface area (Å²) in [6.45, 7) is 4.88. The van der Waals surface area contributed by atoms with Crippen molar-refractivity contribution in [3.05, 3.63) is 60.2 Å². The fourth-order valence-corrected chi connectivity index (χ4v) is 4.89. The molecule has 0 aromatic heterocycles. The molecule has 36 heavy (non-hydrogen) atoms. The number of para-hydroxylation sites is 2. The average Bonchev–Trinajstić information content (AvgIpc) is 2.86. The molecule has 198 valence electrons. The second-order valence-corrected chi connectivity index (χ2v) is 10.7. The molecule has 9 heteroatoms. The lowest BCUT2D eigenvalue weighted by molar-refractivity contribution is -0.139. The smallest absolute Gasteiger partial charge is 0.242 e. The summed E-state index contributed by atoms with van der Waals surface area (Å²) in [5, 5.41) is 2.91. The summed E-state index contributed by atoms with van der Waals surface area (Å²) in [6, 6.07) is 16.1. The fourth-order valence-electron chi connectivity index (χ4n) is 3.92. The van der Waals surface area contributed by atoms with Gasteiger partial charge in [-0.1, -0.05) is 55.8 Å². The van der Waals surface area contributed by atoms with Gasteiger partial charge in [0.2, 0.25) is 21.8 Å². The topological polar surface area (TPSA) is 96.0 Å². The Kier molecular flexibility index (Phi) is 11.7. The van der Waals surface area contributed by atoms with Crippen LogP contribution in [0, 0.1) is 0 Å². The van der Waals surface area contributed by atoms with E-state index in [1.807, 2.05) is 30.3 Å². The molecule has 2 amide bonds. The third kappa shape index (κ3) is 8.86. The molecular weight excluding hydrogens is 478 g/mol. The second-order valence-electron chi connectivity index (χ2n) is 8.75. The molecule has 0 heterocycles. The average molecular weight is 518 g/mol. The third-order valence-electron chi connectivity index (χ3n) is 5.99. The number of hydrogen-bond donors (Lipinski definition) is 1. The summed E-state index contributed by atoms with van der Waals surface area (Å²) in [4.78, 5) is 27.6. The highest BCUT2D eigenvalue weighted by Gasteiger charge is 2.26. The lowest BCUT2D eigenvalue weighted by Gasteiger charge is -2.29. The number of benzene rings is 2. The Labute approximate surface area is 215 Å². The molecule has 0 saturated carbocycles. The molecule has 2 aromatic rings. The van der Waals surface area contributed by atoms with Crippen molar-refractivity contribution in [1.82, 2.24) is 10.2 Å². The number of unbranched alkanes of at least 4 members (excludes halogenated alkanes) is 1. The maximum atomic E-state index is 13.3. The Bertz CT molecular complexity index is 1080. The Morgan fingerprint density at radius 1 is 1.00 bits per heavy atom. The molecule has 0 spiro atoms. The standard InChI is InChI=1S/C27H39N3O5S/c1-5-6-19-28-27(32)22(2)29(21-18-23-13-8-7-9-14-23)26(31)17-12-20-30(36(4,33)34)24-15-10-11-16-25(24)35-3/h7-11,13-16,22H,5-6,12,17-21H2,1-4H3,(H,28,32)/t22-/m1/s1. The first-order chi connectivity index (χ1) is 17.2. The summed E-state index contributed by atoms with van der Waals surface area (Å²) in [5.41, 5.74) is 1.51. The Morgan fingerprint density at radius 2 is 1.67 bits per heavy atom. The van der Waals surface area contributed by atoms with E-state index < -0.39 is 16.1 Å². The number of hydrogen-bond acceptors (Lipinski definition) is 5. The summed E-state index contributed by atoms with van der Waals surface area (Å²) in [6.07, 6.45) is 4.01. The minimum absolute atomic E-state index is 0.114. The van der Waals surface area contributed by atoms with Crippen molar-refractivity contribution >= 4 is 27.5 Å². The van der Waals surface area contributed by atoms with Crippen molar-refractivity contribution in [3.8, 4) is 5.75 Å². The van der Waals surface area contributed by atoms with E-state index in [1.54, 1.807) is 36.1 Å². The number of nitrogens with zero attached hydrogens (tertiary/aromatic N) is 2. The van der Waals surface area contributed by atoms with Crippen LogP contribution >= 0.6 is 0 Å². The van der Waals surface area contributed by atoms with Crippen molar-refractivity contribution < 1.29 is 22.7 Å². The summed E-state index contributed by atoms with van der Waals surface area (Å²) in [7, 11) is -2.11. The lowest BCUT2D eigenvalue weighted by Crippen LogP contribution is -2.49. The Balaban J connectivity index is 2.11. The molecule has 0 radical (unpaired) electrons. The molecule has 2 aromatic carbocycles. The van der Waals surface area contributed by atoms with Gasteiger partial charge in [0.15, 0.2) is 0 Å². The fraction of sp³-hybridized carbons (Fsp3) is 0.481. The number of anilines is 1. The van der Waals surface area contributed by atoms with Crippen molar-refractivity contribution in [1.29, 1.82) is 0 Å². The van der Waals surface area contributed by atoms with Crippen LogP contribution in [0.4, 0.5) is 5.69 Å². The van der Waals surface area contributed by atoms with Gasteiger partial charge in [-0.3, -0.25) is 13.9 Å². The molecule has 1 atom stereocenters. The van der Waals surface area contributed by atoms with Gasteiger partial charge in [0, 0.05) is 26.1 Å². The molecule has 0 aliphatic rings. The first-order valence-electron chi connectivity index (χ1n) is 12.4. The maximum absolute atomic E-state index is 13.3. The van der Waals surface area contributed by atoms with Gasteiger partial charge in [-0.25, -0.2) is 8.42 Å². The van der Waals surface area contributed by atoms with Gasteiger partial charge in [-0.05, 0) is 43.9 Å². The molecule has 0 saturated heterocycles. The zero-order valence-corrected chi connectivity index (χ0v) is 22.6. The van der Waals surface area contributed by atoms with Crippen molar-refractivity contribution in [2.24, 2.45) is 0 Å². The number of nitrogens with one attached hydrogen (secondary N) is 1. The summed E-state index contributed by atoms with van der Waals surface area (Å²) >= 11 is 0. The quantitative estimate of drug-likeness (QED) is 0.364. The molecule has 2 rings (SSSR count). The molecule has 0 aliphatic carbocycles. The maximum Gasteiger partial charge on any atom is 0.242 e. The Hall–Kier alpha value is -3.07. The number of carbonyl (C=O) groups is 2. The monoisotopic (exact) mass is 517 g/mol. The first kappa shape index (κ1) is 29.2. The summed E-state index contributed by atoms with van der Waals surface area (Å²) < 4.78 is 31.6. The Morgan fingerprint density at radius 3 is 2.31 bits per heavy atom. The highest BCUT2D eigenvalue weighted by molar-refractivity contribution is 7.92. The van der Waals surface area contributed by atoms with Gasteiger partial charge >= 0.3 is 0 Å². The van der Waals surface area contributed by atoms with Gasteiger partial charge in [-0.15, -0.1) is 0 Å². The largest absolute Gasteiger partial charge is 0.495 e. The molecule has 0 bridgehead atoms. The van der Waals surface area contributed by atoms with Gasteiger partial charge in [0.1, 0.15) is 11.8 Å². The molecule has 0 fully saturated rings. The van der Waals surface area contributed by atoms with E-state index in [4.69, 9.17) is 4.74 Å². The second kappa shape index (κ2) is 14.5.